The average Bonchev–Trinajstić information content (AvgIpc) is 2.52. The third-order valence-electron chi connectivity index (χ3n) is 3.51. The SMILES string of the molecule is CCCCCCCCCC([O-])CCCCCC.C[NH2+]C.C[NH2+]C.[Cl-]. The zero-order valence-corrected chi connectivity index (χ0v) is 18.5. The topological polar surface area (TPSA) is 56.3 Å². The summed E-state index contributed by atoms with van der Waals surface area (Å²) in [6.45, 7) is 4.47. The summed E-state index contributed by atoms with van der Waals surface area (Å²) in [7, 11) is 8.00. The molecule has 0 saturated carbocycles. The molecule has 0 rings (SSSR count). The van der Waals surface area contributed by atoms with E-state index in [9.17, 15) is 5.11 Å². The van der Waals surface area contributed by atoms with Gasteiger partial charge in [-0.15, -0.1) is 6.10 Å². The number of quaternary nitrogens is 2. The highest BCUT2D eigenvalue weighted by Gasteiger charge is 1.96. The summed E-state index contributed by atoms with van der Waals surface area (Å²) in [4.78, 5) is 0. The predicted octanol–water partition coefficient (Wildman–Crippen LogP) is -0.551. The lowest BCUT2D eigenvalue weighted by atomic mass is 10.0. The molecule has 0 fully saturated rings. The molecule has 0 amide bonds. The van der Waals surface area contributed by atoms with Crippen molar-refractivity contribution in [2.75, 3.05) is 28.2 Å². The Kier molecular flexibility index (Phi) is 45.8. The van der Waals surface area contributed by atoms with Gasteiger partial charge in [-0.05, 0) is 0 Å². The smallest absolute Gasteiger partial charge is 0.0647 e. The zero-order chi connectivity index (χ0) is 18.2. The zero-order valence-electron chi connectivity index (χ0n) is 17.7. The van der Waals surface area contributed by atoms with E-state index < -0.39 is 0 Å². The summed E-state index contributed by atoms with van der Waals surface area (Å²) in [5, 5.41) is 15.6. The third-order valence-corrected chi connectivity index (χ3v) is 3.51. The minimum Gasteiger partial charge on any atom is -1.00 e. The molecule has 0 aliphatic rings. The van der Waals surface area contributed by atoms with Gasteiger partial charge >= 0.3 is 0 Å². The molecule has 3 nitrogen and oxygen atoms in total. The molecule has 152 valence electrons. The second-order valence-corrected chi connectivity index (χ2v) is 6.54. The molecule has 0 aliphatic carbocycles. The quantitative estimate of drug-likeness (QED) is 0.421. The first-order valence-electron chi connectivity index (χ1n) is 10.3. The lowest BCUT2D eigenvalue weighted by Gasteiger charge is -2.21. The van der Waals surface area contributed by atoms with Gasteiger partial charge in [-0.1, -0.05) is 97.3 Å². The summed E-state index contributed by atoms with van der Waals surface area (Å²) in [6, 6.07) is 0. The van der Waals surface area contributed by atoms with Gasteiger partial charge in [0.05, 0.1) is 28.2 Å². The van der Waals surface area contributed by atoms with Gasteiger partial charge in [-0.25, -0.2) is 0 Å². The minimum atomic E-state index is -0.275. The first-order valence-corrected chi connectivity index (χ1v) is 10.3. The molecule has 1 atom stereocenters. The summed E-state index contributed by atoms with van der Waals surface area (Å²) < 4.78 is 0. The number of halogens is 1. The fourth-order valence-electron chi connectivity index (χ4n) is 2.27. The van der Waals surface area contributed by atoms with E-state index in [1.807, 2.05) is 38.8 Å². The number of hydrogen-bond donors (Lipinski definition) is 2. The molecule has 0 radical (unpaired) electrons. The molecule has 0 aromatic carbocycles. The number of hydrogen-bond acceptors (Lipinski definition) is 1. The van der Waals surface area contributed by atoms with Crippen molar-refractivity contribution in [3.05, 3.63) is 0 Å². The van der Waals surface area contributed by atoms with E-state index in [1.165, 1.54) is 57.8 Å². The van der Waals surface area contributed by atoms with Crippen LogP contribution in [0.1, 0.15) is 97.3 Å². The van der Waals surface area contributed by atoms with E-state index in [2.05, 4.69) is 13.8 Å². The predicted molar refractivity (Wildman–Crippen MR) is 103 cm³/mol. The maximum atomic E-state index is 11.6. The molecule has 1 unspecified atom stereocenters. The Morgan fingerprint density at radius 3 is 1.17 bits per heavy atom. The highest BCUT2D eigenvalue weighted by molar-refractivity contribution is 4.56. The van der Waals surface area contributed by atoms with Crippen LogP contribution in [0.4, 0.5) is 0 Å². The van der Waals surface area contributed by atoms with Crippen LogP contribution in [0.2, 0.25) is 0 Å². The van der Waals surface area contributed by atoms with E-state index in [1.54, 1.807) is 0 Å². The molecule has 0 heterocycles. The van der Waals surface area contributed by atoms with Gasteiger partial charge in [0.2, 0.25) is 0 Å². The van der Waals surface area contributed by atoms with E-state index in [4.69, 9.17) is 0 Å². The summed E-state index contributed by atoms with van der Waals surface area (Å²) in [6.07, 6.45) is 15.7. The van der Waals surface area contributed by atoms with Crippen LogP contribution in [0, 0.1) is 0 Å². The second kappa shape index (κ2) is 34.5. The van der Waals surface area contributed by atoms with Crippen LogP contribution >= 0.6 is 0 Å². The van der Waals surface area contributed by atoms with Gasteiger partial charge in [-0.2, -0.15) is 0 Å². The molecule has 0 bridgehead atoms. The van der Waals surface area contributed by atoms with E-state index in [0.717, 1.165) is 25.7 Å². The first kappa shape index (κ1) is 31.9. The van der Waals surface area contributed by atoms with Crippen molar-refractivity contribution in [1.82, 2.24) is 0 Å². The number of rotatable bonds is 13. The van der Waals surface area contributed by atoms with Crippen LogP contribution in [-0.4, -0.2) is 34.3 Å². The van der Waals surface area contributed by atoms with Crippen LogP contribution in [0.5, 0.6) is 0 Å². The lowest BCUT2D eigenvalue weighted by Crippen LogP contribution is -3.00. The fraction of sp³-hybridized carbons (Fsp3) is 1.00. The van der Waals surface area contributed by atoms with Crippen LogP contribution in [0.15, 0.2) is 0 Å². The highest BCUT2D eigenvalue weighted by Crippen LogP contribution is 2.12. The van der Waals surface area contributed by atoms with Gasteiger partial charge in [0, 0.05) is 0 Å². The highest BCUT2D eigenvalue weighted by atomic mass is 35.5. The van der Waals surface area contributed by atoms with Gasteiger partial charge in [0.25, 0.3) is 0 Å². The first-order chi connectivity index (χ1) is 11.1. The van der Waals surface area contributed by atoms with Gasteiger partial charge in [0.1, 0.15) is 0 Å². The monoisotopic (exact) mass is 368 g/mol. The average molecular weight is 369 g/mol. The van der Waals surface area contributed by atoms with Crippen molar-refractivity contribution in [3.63, 3.8) is 0 Å². The molecule has 0 aliphatic heterocycles. The second-order valence-electron chi connectivity index (χ2n) is 6.54. The maximum absolute atomic E-state index is 11.6. The van der Waals surface area contributed by atoms with Crippen molar-refractivity contribution in [2.24, 2.45) is 0 Å². The Labute approximate surface area is 160 Å². The molecule has 24 heavy (non-hydrogen) atoms. The molecule has 0 saturated heterocycles. The third kappa shape index (κ3) is 43.2. The van der Waals surface area contributed by atoms with E-state index in [0.29, 0.717) is 0 Å². The van der Waals surface area contributed by atoms with Crippen molar-refractivity contribution >= 4 is 0 Å². The minimum absolute atomic E-state index is 0. The Hall–Kier alpha value is 0.170. The van der Waals surface area contributed by atoms with Crippen LogP contribution in [-0.2, 0) is 0 Å². The largest absolute Gasteiger partial charge is 1.00 e. The summed E-state index contributed by atoms with van der Waals surface area (Å²) in [5.41, 5.74) is 0. The standard InChI is InChI=1S/C16H33O.2C2H7N.ClH/c1-3-5-7-9-10-11-13-15-16(17)14-12-8-6-4-2;2*1-3-2;/h16H,3-15H2,1-2H3;2*3H,1-2H3;1H/q-1;;;/p+1. The Bertz CT molecular complexity index is 170. The van der Waals surface area contributed by atoms with Crippen molar-refractivity contribution in [2.45, 2.75) is 103 Å². The number of nitrogens with two attached hydrogens (primary N) is 2. The van der Waals surface area contributed by atoms with Crippen molar-refractivity contribution < 1.29 is 28.1 Å². The fourth-order valence-corrected chi connectivity index (χ4v) is 2.27. The van der Waals surface area contributed by atoms with Crippen molar-refractivity contribution in [3.8, 4) is 0 Å². The van der Waals surface area contributed by atoms with Gasteiger partial charge in [-0.3, -0.25) is 0 Å². The number of unbranched alkanes of at least 4 members (excludes halogenated alkanes) is 9. The molecular weight excluding hydrogens is 320 g/mol. The van der Waals surface area contributed by atoms with Crippen molar-refractivity contribution in [1.29, 1.82) is 0 Å². The van der Waals surface area contributed by atoms with Crippen LogP contribution in [0.25, 0.3) is 0 Å². The Morgan fingerprint density at radius 2 is 0.833 bits per heavy atom. The molecule has 4 N–H and O–H groups in total. The lowest BCUT2D eigenvalue weighted by molar-refractivity contribution is -0.597. The molecule has 0 aromatic rings. The molecule has 4 heteroatoms. The van der Waals surface area contributed by atoms with Gasteiger partial charge < -0.3 is 28.1 Å². The normalized spacial score (nSPS) is 10.6. The van der Waals surface area contributed by atoms with Crippen LogP contribution < -0.4 is 28.1 Å². The van der Waals surface area contributed by atoms with Crippen LogP contribution in [0.3, 0.4) is 0 Å². The van der Waals surface area contributed by atoms with E-state index >= 15 is 0 Å². The summed E-state index contributed by atoms with van der Waals surface area (Å²) in [5.74, 6) is 0. The maximum Gasteiger partial charge on any atom is 0.0647 e. The molecule has 0 aromatic heterocycles. The Morgan fingerprint density at radius 1 is 0.583 bits per heavy atom. The molecule has 0 spiro atoms. The van der Waals surface area contributed by atoms with E-state index in [-0.39, 0.29) is 18.5 Å². The molecular formula is C20H49ClN2O. The summed E-state index contributed by atoms with van der Waals surface area (Å²) >= 11 is 0. The van der Waals surface area contributed by atoms with Gasteiger partial charge in [0.15, 0.2) is 0 Å². The Balaban J connectivity index is -0.000000248.